The van der Waals surface area contributed by atoms with Gasteiger partial charge in [0.05, 0.1) is 0 Å². The molecule has 1 aromatic heterocycles. The summed E-state index contributed by atoms with van der Waals surface area (Å²) in [6, 6.07) is 20.7. The van der Waals surface area contributed by atoms with Gasteiger partial charge in [0, 0.05) is 35.2 Å². The molecule has 3 aromatic rings. The molecule has 0 atom stereocenters. The summed E-state index contributed by atoms with van der Waals surface area (Å²) in [6.45, 7) is 0.741. The Morgan fingerprint density at radius 3 is 2.55 bits per heavy atom. The Hall–Kier alpha value is -3.32. The van der Waals surface area contributed by atoms with E-state index in [1.54, 1.807) is 6.08 Å². The predicted molar refractivity (Wildman–Crippen MR) is 116 cm³/mol. The Kier molecular flexibility index (Phi) is 5.76. The minimum atomic E-state index is -0.265. The third-order valence-corrected chi connectivity index (χ3v) is 5.62. The van der Waals surface area contributed by atoms with Crippen molar-refractivity contribution in [1.29, 1.82) is 5.26 Å². The van der Waals surface area contributed by atoms with Gasteiger partial charge in [-0.3, -0.25) is 4.79 Å². The number of carbonyl (C=O) groups excluding carboxylic acids is 1. The van der Waals surface area contributed by atoms with Crippen LogP contribution in [0.2, 0.25) is 0 Å². The van der Waals surface area contributed by atoms with Gasteiger partial charge < -0.3 is 9.88 Å². The molecule has 0 spiro atoms. The van der Waals surface area contributed by atoms with Gasteiger partial charge in [-0.25, -0.2) is 0 Å². The number of benzene rings is 2. The Bertz CT molecular complexity index is 1070. The SMILES string of the molecule is N#C/C(=C/c1cn(Cc2ccccc2)c2ccccc12)C(=O)NC1CCCCC1. The number of carbonyl (C=O) groups is 1. The number of hydrogen-bond acceptors (Lipinski definition) is 2. The molecule has 0 bridgehead atoms. The topological polar surface area (TPSA) is 57.8 Å². The molecule has 1 fully saturated rings. The van der Waals surface area contributed by atoms with E-state index in [1.165, 1.54) is 12.0 Å². The summed E-state index contributed by atoms with van der Waals surface area (Å²) in [5, 5.41) is 13.7. The first-order valence-corrected chi connectivity index (χ1v) is 10.3. The van der Waals surface area contributed by atoms with Crippen molar-refractivity contribution in [3.8, 4) is 6.07 Å². The number of nitriles is 1. The highest BCUT2D eigenvalue weighted by Crippen LogP contribution is 2.25. The minimum absolute atomic E-state index is 0.165. The van der Waals surface area contributed by atoms with Gasteiger partial charge in [0.1, 0.15) is 11.6 Å². The van der Waals surface area contributed by atoms with Crippen LogP contribution in [-0.4, -0.2) is 16.5 Å². The van der Waals surface area contributed by atoms with Crippen molar-refractivity contribution in [3.05, 3.63) is 77.5 Å². The molecule has 1 heterocycles. The van der Waals surface area contributed by atoms with Crippen molar-refractivity contribution in [2.75, 3.05) is 0 Å². The van der Waals surface area contributed by atoms with E-state index < -0.39 is 0 Å². The first-order valence-electron chi connectivity index (χ1n) is 10.3. The molecule has 1 aliphatic carbocycles. The van der Waals surface area contributed by atoms with Gasteiger partial charge in [-0.05, 0) is 30.5 Å². The monoisotopic (exact) mass is 383 g/mol. The summed E-state index contributed by atoms with van der Waals surface area (Å²) in [6.07, 6.45) is 9.27. The smallest absolute Gasteiger partial charge is 0.262 e. The van der Waals surface area contributed by atoms with Crippen LogP contribution in [0.25, 0.3) is 17.0 Å². The molecule has 0 aliphatic heterocycles. The molecule has 4 rings (SSSR count). The van der Waals surface area contributed by atoms with Gasteiger partial charge >= 0.3 is 0 Å². The van der Waals surface area contributed by atoms with E-state index in [-0.39, 0.29) is 17.5 Å². The number of nitrogens with zero attached hydrogens (tertiary/aromatic N) is 2. The molecular formula is C25H25N3O. The van der Waals surface area contributed by atoms with E-state index in [9.17, 15) is 10.1 Å². The summed E-state index contributed by atoms with van der Waals surface area (Å²) in [5.74, 6) is -0.265. The van der Waals surface area contributed by atoms with Gasteiger partial charge in [0.15, 0.2) is 0 Å². The number of nitrogens with one attached hydrogen (secondary N) is 1. The molecule has 4 heteroatoms. The normalized spacial score (nSPS) is 15.2. The Morgan fingerprint density at radius 1 is 1.07 bits per heavy atom. The third-order valence-electron chi connectivity index (χ3n) is 5.62. The van der Waals surface area contributed by atoms with Crippen LogP contribution in [0.3, 0.4) is 0 Å². The number of aromatic nitrogens is 1. The van der Waals surface area contributed by atoms with Gasteiger partial charge in [-0.1, -0.05) is 67.8 Å². The lowest BCUT2D eigenvalue weighted by atomic mass is 9.95. The lowest BCUT2D eigenvalue weighted by molar-refractivity contribution is -0.117. The number of hydrogen-bond donors (Lipinski definition) is 1. The number of para-hydroxylation sites is 1. The van der Waals surface area contributed by atoms with E-state index in [0.717, 1.165) is 48.7 Å². The molecule has 4 nitrogen and oxygen atoms in total. The standard InChI is InChI=1S/C25H25N3O/c26-16-20(25(29)27-22-11-5-2-6-12-22)15-21-18-28(17-19-9-3-1-4-10-19)24-14-8-7-13-23(21)24/h1,3-4,7-10,13-15,18,22H,2,5-6,11-12,17H2,(H,27,29)/b20-15-. The first-order chi connectivity index (χ1) is 14.2. The van der Waals surface area contributed by atoms with Crippen LogP contribution in [0.1, 0.15) is 43.2 Å². The number of fused-ring (bicyclic) bond motifs is 1. The average Bonchev–Trinajstić information content (AvgIpc) is 3.10. The fraction of sp³-hybridized carbons (Fsp3) is 0.280. The molecular weight excluding hydrogens is 358 g/mol. The van der Waals surface area contributed by atoms with Crippen molar-refractivity contribution in [2.24, 2.45) is 0 Å². The summed E-state index contributed by atoms with van der Waals surface area (Å²) >= 11 is 0. The van der Waals surface area contributed by atoms with Crippen LogP contribution < -0.4 is 5.32 Å². The lowest BCUT2D eigenvalue weighted by Crippen LogP contribution is -2.36. The number of amides is 1. The Labute approximate surface area is 171 Å². The van der Waals surface area contributed by atoms with E-state index in [4.69, 9.17) is 0 Å². The second-order valence-electron chi connectivity index (χ2n) is 7.69. The maximum absolute atomic E-state index is 12.7. The van der Waals surface area contributed by atoms with Crippen molar-refractivity contribution in [1.82, 2.24) is 9.88 Å². The predicted octanol–water partition coefficient (Wildman–Crippen LogP) is 5.05. The van der Waals surface area contributed by atoms with Crippen LogP contribution in [0.5, 0.6) is 0 Å². The highest BCUT2D eigenvalue weighted by molar-refractivity contribution is 6.04. The van der Waals surface area contributed by atoms with Gasteiger partial charge in [0.2, 0.25) is 0 Å². The van der Waals surface area contributed by atoms with E-state index in [1.807, 2.05) is 42.6 Å². The summed E-state index contributed by atoms with van der Waals surface area (Å²) in [4.78, 5) is 12.7. The second-order valence-corrected chi connectivity index (χ2v) is 7.69. The average molecular weight is 383 g/mol. The minimum Gasteiger partial charge on any atom is -0.349 e. The molecule has 1 amide bonds. The maximum Gasteiger partial charge on any atom is 0.262 e. The zero-order valence-corrected chi connectivity index (χ0v) is 16.5. The van der Waals surface area contributed by atoms with Gasteiger partial charge in [-0.15, -0.1) is 0 Å². The summed E-state index contributed by atoms with van der Waals surface area (Å²) < 4.78 is 2.17. The molecule has 2 aromatic carbocycles. The van der Waals surface area contributed by atoms with Crippen LogP contribution in [-0.2, 0) is 11.3 Å². The molecule has 0 unspecified atom stereocenters. The van der Waals surface area contributed by atoms with Crippen molar-refractivity contribution >= 4 is 22.9 Å². The fourth-order valence-electron chi connectivity index (χ4n) is 4.12. The Balaban J connectivity index is 1.63. The zero-order valence-electron chi connectivity index (χ0n) is 16.5. The van der Waals surface area contributed by atoms with Crippen molar-refractivity contribution in [2.45, 2.75) is 44.7 Å². The van der Waals surface area contributed by atoms with Gasteiger partial charge in [0.25, 0.3) is 5.91 Å². The molecule has 0 saturated heterocycles. The summed E-state index contributed by atoms with van der Waals surface area (Å²) in [7, 11) is 0. The lowest BCUT2D eigenvalue weighted by Gasteiger charge is -2.22. The largest absolute Gasteiger partial charge is 0.349 e. The molecule has 1 N–H and O–H groups in total. The number of rotatable bonds is 5. The van der Waals surface area contributed by atoms with Crippen molar-refractivity contribution < 1.29 is 4.79 Å². The fourth-order valence-corrected chi connectivity index (χ4v) is 4.12. The Morgan fingerprint density at radius 2 is 1.79 bits per heavy atom. The first kappa shape index (κ1) is 19.0. The molecule has 1 aliphatic rings. The zero-order chi connectivity index (χ0) is 20.1. The maximum atomic E-state index is 12.7. The van der Waals surface area contributed by atoms with Crippen molar-refractivity contribution in [3.63, 3.8) is 0 Å². The van der Waals surface area contributed by atoms with Crippen LogP contribution >= 0.6 is 0 Å². The van der Waals surface area contributed by atoms with E-state index >= 15 is 0 Å². The molecule has 146 valence electrons. The van der Waals surface area contributed by atoms with Gasteiger partial charge in [-0.2, -0.15) is 5.26 Å². The summed E-state index contributed by atoms with van der Waals surface area (Å²) in [5.41, 5.74) is 3.36. The van der Waals surface area contributed by atoms with Crippen LogP contribution in [0.4, 0.5) is 0 Å². The molecule has 29 heavy (non-hydrogen) atoms. The van der Waals surface area contributed by atoms with E-state index in [0.29, 0.717) is 0 Å². The highest BCUT2D eigenvalue weighted by atomic mass is 16.1. The van der Waals surface area contributed by atoms with E-state index in [2.05, 4.69) is 34.2 Å². The van der Waals surface area contributed by atoms with Crippen LogP contribution in [0.15, 0.2) is 66.4 Å². The second kappa shape index (κ2) is 8.79. The quantitative estimate of drug-likeness (QED) is 0.495. The molecule has 1 saturated carbocycles. The third kappa shape index (κ3) is 4.41. The molecule has 0 radical (unpaired) electrons. The van der Waals surface area contributed by atoms with Crippen LogP contribution in [0, 0.1) is 11.3 Å². The highest BCUT2D eigenvalue weighted by Gasteiger charge is 2.18.